The summed E-state index contributed by atoms with van der Waals surface area (Å²) in [5.41, 5.74) is 2.61. The van der Waals surface area contributed by atoms with Gasteiger partial charge in [-0.3, -0.25) is 0 Å². The first-order valence-electron chi connectivity index (χ1n) is 7.48. The Balaban J connectivity index is 2.22. The number of fused-ring (bicyclic) bond motifs is 1. The van der Waals surface area contributed by atoms with E-state index in [1.807, 2.05) is 29.7 Å². The third-order valence-electron chi connectivity index (χ3n) is 4.05. The number of rotatable bonds is 4. The standard InChI is InChI=1S/C18H17NO4S/c1-3-19-11-16(18(20)21)15-10-13(7-8-17(15)19)12-5-4-6-14(9-12)24(2,22)23/h4-11H,3H2,1-2H3,(H,20,21). The molecule has 0 amide bonds. The van der Waals surface area contributed by atoms with Gasteiger partial charge < -0.3 is 9.67 Å². The van der Waals surface area contributed by atoms with Crippen LogP contribution in [-0.2, 0) is 16.4 Å². The number of sulfone groups is 1. The summed E-state index contributed by atoms with van der Waals surface area (Å²) in [5, 5.41) is 10.1. The van der Waals surface area contributed by atoms with E-state index in [4.69, 9.17) is 0 Å². The highest BCUT2D eigenvalue weighted by molar-refractivity contribution is 7.90. The number of nitrogens with zero attached hydrogens (tertiary/aromatic N) is 1. The zero-order valence-electron chi connectivity index (χ0n) is 13.4. The fraction of sp³-hybridized carbons (Fsp3) is 0.167. The molecule has 0 spiro atoms. The smallest absolute Gasteiger partial charge is 0.337 e. The maximum absolute atomic E-state index is 11.7. The molecule has 0 atom stereocenters. The lowest BCUT2D eigenvalue weighted by Gasteiger charge is -2.06. The summed E-state index contributed by atoms with van der Waals surface area (Å²) < 4.78 is 25.4. The molecule has 0 aliphatic heterocycles. The fourth-order valence-corrected chi connectivity index (χ4v) is 3.48. The number of aromatic nitrogens is 1. The maximum atomic E-state index is 11.7. The molecule has 0 radical (unpaired) electrons. The van der Waals surface area contributed by atoms with Gasteiger partial charge in [-0.15, -0.1) is 0 Å². The molecule has 5 nitrogen and oxygen atoms in total. The van der Waals surface area contributed by atoms with Gasteiger partial charge in [-0.05, 0) is 42.3 Å². The summed E-state index contributed by atoms with van der Waals surface area (Å²) >= 11 is 0. The second kappa shape index (κ2) is 5.79. The Kier molecular flexibility index (Phi) is 3.93. The van der Waals surface area contributed by atoms with Crippen LogP contribution in [0.25, 0.3) is 22.0 Å². The van der Waals surface area contributed by atoms with Crippen LogP contribution in [0.15, 0.2) is 53.6 Å². The van der Waals surface area contributed by atoms with Crippen LogP contribution in [-0.4, -0.2) is 30.3 Å². The minimum Gasteiger partial charge on any atom is -0.478 e. The Morgan fingerprint density at radius 3 is 2.46 bits per heavy atom. The predicted molar refractivity (Wildman–Crippen MR) is 93.1 cm³/mol. The van der Waals surface area contributed by atoms with E-state index in [-0.39, 0.29) is 10.5 Å². The van der Waals surface area contributed by atoms with Crippen molar-refractivity contribution >= 4 is 26.7 Å². The van der Waals surface area contributed by atoms with Crippen molar-refractivity contribution in [2.75, 3.05) is 6.26 Å². The molecular formula is C18H17NO4S. The maximum Gasteiger partial charge on any atom is 0.337 e. The van der Waals surface area contributed by atoms with E-state index in [2.05, 4.69) is 0 Å². The number of carboxylic acids is 1. The number of aryl methyl sites for hydroxylation is 1. The third-order valence-corrected chi connectivity index (χ3v) is 5.16. The molecule has 0 saturated heterocycles. The van der Waals surface area contributed by atoms with Gasteiger partial charge in [0.05, 0.1) is 10.5 Å². The van der Waals surface area contributed by atoms with Crippen LogP contribution in [0.3, 0.4) is 0 Å². The van der Waals surface area contributed by atoms with E-state index in [1.54, 1.807) is 30.5 Å². The SMILES string of the molecule is CCn1cc(C(=O)O)c2cc(-c3cccc(S(C)(=O)=O)c3)ccc21. The zero-order chi connectivity index (χ0) is 17.5. The molecule has 1 N–H and O–H groups in total. The Hall–Kier alpha value is -2.60. The number of aromatic carboxylic acids is 1. The van der Waals surface area contributed by atoms with Gasteiger partial charge in [0.25, 0.3) is 0 Å². The number of hydrogen-bond donors (Lipinski definition) is 1. The highest BCUT2D eigenvalue weighted by atomic mass is 32.2. The van der Waals surface area contributed by atoms with Crippen LogP contribution in [0.2, 0.25) is 0 Å². The van der Waals surface area contributed by atoms with Crippen LogP contribution in [0, 0.1) is 0 Å². The van der Waals surface area contributed by atoms with Crippen LogP contribution in [0.5, 0.6) is 0 Å². The average Bonchev–Trinajstić information content (AvgIpc) is 2.92. The molecular weight excluding hydrogens is 326 g/mol. The minimum atomic E-state index is -3.30. The van der Waals surface area contributed by atoms with Crippen molar-refractivity contribution in [3.8, 4) is 11.1 Å². The lowest BCUT2D eigenvalue weighted by Crippen LogP contribution is -1.97. The molecule has 0 saturated carbocycles. The monoisotopic (exact) mass is 343 g/mol. The van der Waals surface area contributed by atoms with Crippen molar-refractivity contribution in [1.82, 2.24) is 4.57 Å². The molecule has 2 aromatic carbocycles. The lowest BCUT2D eigenvalue weighted by atomic mass is 10.0. The molecule has 0 aliphatic carbocycles. The Labute approximate surface area is 140 Å². The van der Waals surface area contributed by atoms with Gasteiger partial charge in [-0.25, -0.2) is 13.2 Å². The fourth-order valence-electron chi connectivity index (χ4n) is 2.82. The third kappa shape index (κ3) is 2.80. The zero-order valence-corrected chi connectivity index (χ0v) is 14.2. The normalized spacial score (nSPS) is 11.8. The van der Waals surface area contributed by atoms with Crippen LogP contribution >= 0.6 is 0 Å². The summed E-state index contributed by atoms with van der Waals surface area (Å²) in [4.78, 5) is 11.7. The van der Waals surface area contributed by atoms with E-state index in [1.165, 1.54) is 6.26 Å². The number of benzene rings is 2. The largest absolute Gasteiger partial charge is 0.478 e. The quantitative estimate of drug-likeness (QED) is 0.787. The van der Waals surface area contributed by atoms with Gasteiger partial charge in [-0.2, -0.15) is 0 Å². The second-order valence-electron chi connectivity index (χ2n) is 5.67. The van der Waals surface area contributed by atoms with E-state index >= 15 is 0 Å². The van der Waals surface area contributed by atoms with Crippen molar-refractivity contribution in [2.24, 2.45) is 0 Å². The van der Waals surface area contributed by atoms with Gasteiger partial charge in [0.15, 0.2) is 9.84 Å². The van der Waals surface area contributed by atoms with E-state index in [0.717, 1.165) is 16.6 Å². The average molecular weight is 343 g/mol. The van der Waals surface area contributed by atoms with Gasteiger partial charge in [0, 0.05) is 29.9 Å². The molecule has 0 bridgehead atoms. The molecule has 3 rings (SSSR count). The highest BCUT2D eigenvalue weighted by Crippen LogP contribution is 2.29. The van der Waals surface area contributed by atoms with Crippen molar-refractivity contribution in [3.63, 3.8) is 0 Å². The topological polar surface area (TPSA) is 76.4 Å². The van der Waals surface area contributed by atoms with Crippen LogP contribution in [0.1, 0.15) is 17.3 Å². The van der Waals surface area contributed by atoms with E-state index < -0.39 is 15.8 Å². The van der Waals surface area contributed by atoms with Gasteiger partial charge in [-0.1, -0.05) is 18.2 Å². The molecule has 0 unspecified atom stereocenters. The molecule has 1 heterocycles. The van der Waals surface area contributed by atoms with Crippen molar-refractivity contribution in [2.45, 2.75) is 18.4 Å². The minimum absolute atomic E-state index is 0.240. The first kappa shape index (κ1) is 16.3. The van der Waals surface area contributed by atoms with E-state index in [9.17, 15) is 18.3 Å². The van der Waals surface area contributed by atoms with E-state index in [0.29, 0.717) is 11.9 Å². The molecule has 124 valence electrons. The number of carbonyl (C=O) groups is 1. The first-order chi connectivity index (χ1) is 11.3. The summed E-state index contributed by atoms with van der Waals surface area (Å²) in [6.45, 7) is 2.63. The Morgan fingerprint density at radius 2 is 1.83 bits per heavy atom. The van der Waals surface area contributed by atoms with Crippen LogP contribution in [0.4, 0.5) is 0 Å². The first-order valence-corrected chi connectivity index (χ1v) is 9.37. The summed E-state index contributed by atoms with van der Waals surface area (Å²) in [6, 6.07) is 12.2. The van der Waals surface area contributed by atoms with Gasteiger partial charge in [0.2, 0.25) is 0 Å². The van der Waals surface area contributed by atoms with Gasteiger partial charge >= 0.3 is 5.97 Å². The molecule has 0 fully saturated rings. The molecule has 3 aromatic rings. The lowest BCUT2D eigenvalue weighted by molar-refractivity contribution is 0.0699. The van der Waals surface area contributed by atoms with Crippen LogP contribution < -0.4 is 0 Å². The Bertz CT molecular complexity index is 1050. The second-order valence-corrected chi connectivity index (χ2v) is 7.68. The predicted octanol–water partition coefficient (Wildman–Crippen LogP) is 3.43. The molecule has 0 aliphatic rings. The highest BCUT2D eigenvalue weighted by Gasteiger charge is 2.15. The van der Waals surface area contributed by atoms with Crippen molar-refractivity contribution in [3.05, 3.63) is 54.2 Å². The molecule has 6 heteroatoms. The molecule has 1 aromatic heterocycles. The number of hydrogen-bond acceptors (Lipinski definition) is 3. The Morgan fingerprint density at radius 1 is 1.12 bits per heavy atom. The molecule has 24 heavy (non-hydrogen) atoms. The number of carboxylic acid groups (broad SMARTS) is 1. The van der Waals surface area contributed by atoms with Crippen molar-refractivity contribution in [1.29, 1.82) is 0 Å². The summed E-state index contributed by atoms with van der Waals surface area (Å²) in [5.74, 6) is -0.978. The van der Waals surface area contributed by atoms with Crippen molar-refractivity contribution < 1.29 is 18.3 Å². The summed E-state index contributed by atoms with van der Waals surface area (Å²) in [7, 11) is -3.30. The summed E-state index contributed by atoms with van der Waals surface area (Å²) in [6.07, 6.45) is 2.79. The van der Waals surface area contributed by atoms with Gasteiger partial charge in [0.1, 0.15) is 0 Å².